The first-order valence-corrected chi connectivity index (χ1v) is 15.6. The molecule has 12 nitrogen and oxygen atoms in total. The molecule has 4 rings (SSSR count). The van der Waals surface area contributed by atoms with Crippen molar-refractivity contribution in [1.29, 1.82) is 5.26 Å². The van der Waals surface area contributed by atoms with Crippen LogP contribution in [0.5, 0.6) is 5.75 Å². The summed E-state index contributed by atoms with van der Waals surface area (Å²) in [4.78, 5) is 12.7. The standard InChI is InChI=1S/C29H37N4O8P/c1-4-20(5-2)15-38-28(36)19(3)17-42(37,41-21-9-7-6-8-10-21)39-16-24-26(34)27(35)29(18-30,40-24)25-12-11-23-22(31)13-14-32-33(23)25/h6-14,19-20,24,26-27,34-35H,4-5,15-17,31H2,1-3H3/t19-,24-,26-,27-,29+,42+/m1/s1. The second-order valence-corrected chi connectivity index (χ2v) is 12.5. The zero-order valence-corrected chi connectivity index (χ0v) is 24.7. The summed E-state index contributed by atoms with van der Waals surface area (Å²) in [5, 5.41) is 36.3. The van der Waals surface area contributed by atoms with Crippen LogP contribution in [0.25, 0.3) is 5.52 Å². The predicted molar refractivity (Wildman–Crippen MR) is 153 cm³/mol. The molecule has 0 unspecified atom stereocenters. The molecule has 2 aromatic heterocycles. The number of carbonyl (C=O) groups excluding carboxylic acids is 1. The number of para-hydroxylation sites is 1. The maximum Gasteiger partial charge on any atom is 0.380 e. The lowest BCUT2D eigenvalue weighted by molar-refractivity contribution is -0.148. The van der Waals surface area contributed by atoms with Crippen molar-refractivity contribution < 1.29 is 38.1 Å². The first-order chi connectivity index (χ1) is 20.1. The predicted octanol–water partition coefficient (Wildman–Crippen LogP) is 3.66. The summed E-state index contributed by atoms with van der Waals surface area (Å²) in [6.07, 6.45) is -1.74. The summed E-state index contributed by atoms with van der Waals surface area (Å²) in [5.41, 5.74) is 5.01. The molecule has 226 valence electrons. The minimum Gasteiger partial charge on any atom is -0.465 e. The summed E-state index contributed by atoms with van der Waals surface area (Å²) in [6, 6.07) is 15.0. The third-order valence-corrected chi connectivity index (χ3v) is 9.56. The number of ether oxygens (including phenoxy) is 2. The van der Waals surface area contributed by atoms with E-state index in [4.69, 9.17) is 24.3 Å². The van der Waals surface area contributed by atoms with Crippen LogP contribution in [0.3, 0.4) is 0 Å². The molecule has 42 heavy (non-hydrogen) atoms. The number of aromatic nitrogens is 2. The quantitative estimate of drug-likeness (QED) is 0.193. The van der Waals surface area contributed by atoms with Gasteiger partial charge in [-0.25, -0.2) is 9.08 Å². The third-order valence-electron chi connectivity index (χ3n) is 7.53. The molecular weight excluding hydrogens is 563 g/mol. The Hall–Kier alpha value is -3.46. The van der Waals surface area contributed by atoms with Crippen molar-refractivity contribution in [2.75, 3.05) is 25.1 Å². The van der Waals surface area contributed by atoms with Gasteiger partial charge in [-0.05, 0) is 36.2 Å². The van der Waals surface area contributed by atoms with Gasteiger partial charge in [0, 0.05) is 6.20 Å². The fraction of sp³-hybridized carbons (Fsp3) is 0.483. The van der Waals surface area contributed by atoms with Gasteiger partial charge in [-0.15, -0.1) is 0 Å². The highest BCUT2D eigenvalue weighted by Crippen LogP contribution is 2.51. The van der Waals surface area contributed by atoms with Gasteiger partial charge in [0.15, 0.2) is 0 Å². The van der Waals surface area contributed by atoms with Crippen LogP contribution >= 0.6 is 7.60 Å². The molecular formula is C29H37N4O8P. The Bertz CT molecular complexity index is 1460. The van der Waals surface area contributed by atoms with Crippen molar-refractivity contribution in [3.8, 4) is 11.8 Å². The molecule has 1 aliphatic heterocycles. The van der Waals surface area contributed by atoms with Gasteiger partial charge < -0.3 is 29.9 Å². The van der Waals surface area contributed by atoms with Crippen LogP contribution in [0.2, 0.25) is 0 Å². The molecule has 0 aliphatic carbocycles. The number of fused-ring (bicyclic) bond motifs is 1. The highest BCUT2D eigenvalue weighted by molar-refractivity contribution is 7.54. The van der Waals surface area contributed by atoms with Gasteiger partial charge >= 0.3 is 13.6 Å². The molecule has 0 saturated carbocycles. The molecule has 3 heterocycles. The lowest BCUT2D eigenvalue weighted by Gasteiger charge is -2.25. The van der Waals surface area contributed by atoms with E-state index in [9.17, 15) is 24.8 Å². The van der Waals surface area contributed by atoms with Gasteiger partial charge in [0.2, 0.25) is 5.60 Å². The SMILES string of the molecule is CCC(CC)COC(=O)[C@H](C)C[P@](=O)(OC[C@H]1O[C@@](C#N)(c2ccc3c(N)ccnn23)[C@H](O)[C@@H]1O)Oc1ccccc1. The van der Waals surface area contributed by atoms with Gasteiger partial charge in [0.1, 0.15) is 30.1 Å². The molecule has 0 spiro atoms. The Labute approximate surface area is 244 Å². The van der Waals surface area contributed by atoms with Crippen molar-refractivity contribution >= 4 is 24.8 Å². The van der Waals surface area contributed by atoms with Crippen molar-refractivity contribution in [1.82, 2.24) is 9.61 Å². The van der Waals surface area contributed by atoms with Crippen LogP contribution < -0.4 is 10.3 Å². The van der Waals surface area contributed by atoms with E-state index in [0.29, 0.717) is 11.2 Å². The van der Waals surface area contributed by atoms with E-state index in [1.165, 1.54) is 16.8 Å². The minimum atomic E-state index is -4.06. The highest BCUT2D eigenvalue weighted by Gasteiger charge is 2.58. The Kier molecular flexibility index (Phi) is 9.92. The number of hydrogen-bond acceptors (Lipinski definition) is 11. The summed E-state index contributed by atoms with van der Waals surface area (Å²) in [5.74, 6) is -0.899. The fourth-order valence-corrected chi connectivity index (χ4v) is 6.73. The van der Waals surface area contributed by atoms with Crippen molar-refractivity contribution in [3.05, 3.63) is 60.4 Å². The number of carbonyl (C=O) groups is 1. The van der Waals surface area contributed by atoms with E-state index >= 15 is 0 Å². The minimum absolute atomic E-state index is 0.152. The van der Waals surface area contributed by atoms with Crippen LogP contribution in [0.4, 0.5) is 5.69 Å². The summed E-state index contributed by atoms with van der Waals surface area (Å²) < 4.78 is 38.3. The smallest absolute Gasteiger partial charge is 0.380 e. The number of aliphatic hydroxyl groups excluding tert-OH is 2. The topological polar surface area (TPSA) is 179 Å². The van der Waals surface area contributed by atoms with Gasteiger partial charge in [-0.2, -0.15) is 10.4 Å². The first-order valence-electron chi connectivity index (χ1n) is 13.9. The summed E-state index contributed by atoms with van der Waals surface area (Å²) in [6.45, 7) is 5.35. The summed E-state index contributed by atoms with van der Waals surface area (Å²) >= 11 is 0. The van der Waals surface area contributed by atoms with Crippen LogP contribution in [0, 0.1) is 23.2 Å². The number of rotatable bonds is 13. The van der Waals surface area contributed by atoms with Gasteiger partial charge in [-0.1, -0.05) is 51.8 Å². The van der Waals surface area contributed by atoms with Crippen molar-refractivity contribution in [3.63, 3.8) is 0 Å². The average molecular weight is 601 g/mol. The molecule has 0 amide bonds. The zero-order valence-electron chi connectivity index (χ0n) is 23.8. The molecule has 0 bridgehead atoms. The largest absolute Gasteiger partial charge is 0.465 e. The number of hydrogen-bond donors (Lipinski definition) is 3. The number of anilines is 1. The maximum atomic E-state index is 14.0. The lowest BCUT2D eigenvalue weighted by Crippen LogP contribution is -2.41. The van der Waals surface area contributed by atoms with Crippen molar-refractivity contribution in [2.45, 2.75) is 57.5 Å². The molecule has 0 radical (unpaired) electrons. The second-order valence-electron chi connectivity index (χ2n) is 10.4. The van der Waals surface area contributed by atoms with Crippen molar-refractivity contribution in [2.24, 2.45) is 11.8 Å². The normalized spacial score (nSPS) is 24.3. The number of esters is 1. The lowest BCUT2D eigenvalue weighted by atomic mass is 9.92. The van der Waals surface area contributed by atoms with Gasteiger partial charge in [0.05, 0.1) is 42.2 Å². The monoisotopic (exact) mass is 600 g/mol. The number of aliphatic hydroxyl groups is 2. The summed E-state index contributed by atoms with van der Waals surface area (Å²) in [7, 11) is -4.06. The molecule has 1 fully saturated rings. The fourth-order valence-electron chi connectivity index (χ4n) is 4.86. The number of nitrogen functional groups attached to an aromatic ring is 1. The van der Waals surface area contributed by atoms with Gasteiger partial charge in [0.25, 0.3) is 0 Å². The molecule has 3 aromatic rings. The Morgan fingerprint density at radius 3 is 2.60 bits per heavy atom. The second kappa shape index (κ2) is 13.2. The van der Waals surface area contributed by atoms with E-state index in [1.54, 1.807) is 49.4 Å². The molecule has 13 heteroatoms. The van der Waals surface area contributed by atoms with Crippen LogP contribution in [0.1, 0.15) is 39.3 Å². The average Bonchev–Trinajstić information content (AvgIpc) is 3.53. The zero-order chi connectivity index (χ0) is 30.5. The molecule has 1 aromatic carbocycles. The Balaban J connectivity index is 1.53. The third kappa shape index (κ3) is 6.46. The maximum absolute atomic E-state index is 14.0. The van der Waals surface area contributed by atoms with Crippen LogP contribution in [0.15, 0.2) is 54.7 Å². The van der Waals surface area contributed by atoms with Crippen LogP contribution in [-0.4, -0.2) is 63.5 Å². The molecule has 6 atom stereocenters. The highest BCUT2D eigenvalue weighted by atomic mass is 31.2. The van der Waals surface area contributed by atoms with Crippen LogP contribution in [-0.2, 0) is 29.0 Å². The number of benzene rings is 1. The first kappa shape index (κ1) is 31.5. The Morgan fingerprint density at radius 2 is 1.93 bits per heavy atom. The molecule has 4 N–H and O–H groups in total. The van der Waals surface area contributed by atoms with E-state index in [2.05, 4.69) is 5.10 Å². The number of nitrogens with two attached hydrogens (primary N) is 1. The van der Waals surface area contributed by atoms with E-state index < -0.39 is 50.0 Å². The molecule has 1 saturated heterocycles. The Morgan fingerprint density at radius 1 is 1.21 bits per heavy atom. The van der Waals surface area contributed by atoms with Gasteiger partial charge in [-0.3, -0.25) is 9.32 Å². The van der Waals surface area contributed by atoms with E-state index in [0.717, 1.165) is 12.8 Å². The number of nitriles is 1. The van der Waals surface area contributed by atoms with E-state index in [-0.39, 0.29) is 30.1 Å². The molecule has 1 aliphatic rings. The van der Waals surface area contributed by atoms with E-state index in [1.807, 2.05) is 19.9 Å². The number of nitrogens with zero attached hydrogens (tertiary/aromatic N) is 3.